The Hall–Kier alpha value is -3.35. The normalized spacial score (nSPS) is 16.3. The molecule has 4 N–H and O–H groups in total. The van der Waals surface area contributed by atoms with Crippen molar-refractivity contribution in [1.29, 1.82) is 0 Å². The van der Waals surface area contributed by atoms with Crippen molar-refractivity contribution in [2.24, 2.45) is 11.7 Å². The zero-order chi connectivity index (χ0) is 19.6. The Kier molecular flexibility index (Phi) is 5.12. The molecule has 7 nitrogen and oxygen atoms in total. The van der Waals surface area contributed by atoms with E-state index in [9.17, 15) is 14.4 Å². The third kappa shape index (κ3) is 4.08. The smallest absolute Gasteiger partial charge is 0.316 e. The Bertz CT molecular complexity index is 910. The molecule has 0 aromatic heterocycles. The van der Waals surface area contributed by atoms with Gasteiger partial charge in [-0.05, 0) is 61.7 Å². The van der Waals surface area contributed by atoms with Crippen molar-refractivity contribution in [2.75, 3.05) is 22.1 Å². The summed E-state index contributed by atoms with van der Waals surface area (Å²) in [6.45, 7) is 4.52. The van der Waals surface area contributed by atoms with Gasteiger partial charge in [0, 0.05) is 23.6 Å². The Morgan fingerprint density at radius 3 is 2.41 bits per heavy atom. The van der Waals surface area contributed by atoms with E-state index in [1.165, 1.54) is 0 Å². The molecule has 1 atom stereocenters. The number of carbonyl (C=O) groups excluding carboxylic acids is 3. The first kappa shape index (κ1) is 18.4. The van der Waals surface area contributed by atoms with Crippen LogP contribution in [0.15, 0.2) is 42.5 Å². The maximum absolute atomic E-state index is 12.7. The predicted octanol–water partition coefficient (Wildman–Crippen LogP) is 2.79. The maximum atomic E-state index is 12.7. The summed E-state index contributed by atoms with van der Waals surface area (Å²) >= 11 is 0. The molecule has 0 bridgehead atoms. The molecule has 1 unspecified atom stereocenters. The number of hydrogen-bond donors (Lipinski definition) is 3. The molecule has 0 radical (unpaired) electrons. The van der Waals surface area contributed by atoms with Crippen molar-refractivity contribution in [1.82, 2.24) is 0 Å². The lowest BCUT2D eigenvalue weighted by atomic mass is 10.1. The number of benzene rings is 2. The topological polar surface area (TPSA) is 105 Å². The second kappa shape index (κ2) is 7.49. The van der Waals surface area contributed by atoms with Crippen molar-refractivity contribution < 1.29 is 14.4 Å². The zero-order valence-electron chi connectivity index (χ0n) is 15.3. The zero-order valence-corrected chi connectivity index (χ0v) is 15.3. The van der Waals surface area contributed by atoms with Gasteiger partial charge in [0.25, 0.3) is 0 Å². The number of aryl methyl sites for hydroxylation is 2. The van der Waals surface area contributed by atoms with E-state index in [2.05, 4.69) is 10.6 Å². The summed E-state index contributed by atoms with van der Waals surface area (Å²) in [6, 6.07) is 11.8. The Balaban J connectivity index is 1.70. The highest BCUT2D eigenvalue weighted by molar-refractivity contribution is 6.13. The van der Waals surface area contributed by atoms with Crippen LogP contribution >= 0.6 is 0 Å². The minimum atomic E-state index is -0.737. The van der Waals surface area contributed by atoms with Gasteiger partial charge in [-0.2, -0.15) is 0 Å². The van der Waals surface area contributed by atoms with Crippen LogP contribution in [0.1, 0.15) is 17.5 Å². The van der Waals surface area contributed by atoms with Crippen LogP contribution in [0.4, 0.5) is 21.9 Å². The van der Waals surface area contributed by atoms with Crippen LogP contribution in [0.25, 0.3) is 0 Å². The summed E-state index contributed by atoms with van der Waals surface area (Å²) in [6.07, 6.45) is 0.455. The molecule has 3 rings (SSSR count). The monoisotopic (exact) mass is 366 g/mol. The van der Waals surface area contributed by atoms with Gasteiger partial charge in [0.05, 0.1) is 0 Å². The molecule has 1 aliphatic heterocycles. The van der Waals surface area contributed by atoms with Crippen molar-refractivity contribution in [3.63, 3.8) is 0 Å². The molecule has 0 spiro atoms. The van der Waals surface area contributed by atoms with E-state index in [-0.39, 0.29) is 11.8 Å². The lowest BCUT2D eigenvalue weighted by Crippen LogP contribution is -2.33. The molecule has 0 saturated carbocycles. The van der Waals surface area contributed by atoms with E-state index in [1.54, 1.807) is 29.2 Å². The van der Waals surface area contributed by atoms with E-state index in [4.69, 9.17) is 5.73 Å². The first-order valence-corrected chi connectivity index (χ1v) is 8.71. The highest BCUT2D eigenvalue weighted by atomic mass is 16.2. The number of hydrogen-bond acceptors (Lipinski definition) is 3. The van der Waals surface area contributed by atoms with Gasteiger partial charge in [-0.3, -0.25) is 9.59 Å². The first-order chi connectivity index (χ1) is 12.8. The third-order valence-electron chi connectivity index (χ3n) is 4.72. The molecule has 1 saturated heterocycles. The fourth-order valence-corrected chi connectivity index (χ4v) is 3.12. The van der Waals surface area contributed by atoms with Gasteiger partial charge in [0.15, 0.2) is 0 Å². The molecule has 1 aliphatic rings. The predicted molar refractivity (Wildman–Crippen MR) is 105 cm³/mol. The Morgan fingerprint density at radius 2 is 1.74 bits per heavy atom. The highest BCUT2D eigenvalue weighted by Crippen LogP contribution is 2.28. The van der Waals surface area contributed by atoms with Gasteiger partial charge in [0.2, 0.25) is 11.8 Å². The van der Waals surface area contributed by atoms with E-state index < -0.39 is 11.9 Å². The van der Waals surface area contributed by atoms with Crippen molar-refractivity contribution in [3.05, 3.63) is 53.6 Å². The average molecular weight is 366 g/mol. The van der Waals surface area contributed by atoms with E-state index in [0.29, 0.717) is 24.3 Å². The largest absolute Gasteiger partial charge is 0.351 e. The number of amides is 4. The summed E-state index contributed by atoms with van der Waals surface area (Å²) < 4.78 is 0. The van der Waals surface area contributed by atoms with Crippen LogP contribution in [0.2, 0.25) is 0 Å². The van der Waals surface area contributed by atoms with Crippen LogP contribution in [0.3, 0.4) is 0 Å². The SMILES string of the molecule is Cc1ccc(N2CCC(C(=O)Nc3cccc(NC(N)=O)c3)C2=O)cc1C. The molecule has 27 heavy (non-hydrogen) atoms. The number of rotatable bonds is 4. The molecule has 7 heteroatoms. The number of anilines is 3. The van der Waals surface area contributed by atoms with Gasteiger partial charge < -0.3 is 21.3 Å². The first-order valence-electron chi connectivity index (χ1n) is 8.71. The summed E-state index contributed by atoms with van der Waals surface area (Å²) in [5.41, 5.74) is 9.12. The molecule has 1 heterocycles. The molecular formula is C20H22N4O3. The minimum Gasteiger partial charge on any atom is -0.351 e. The van der Waals surface area contributed by atoms with Gasteiger partial charge in [-0.25, -0.2) is 4.79 Å². The van der Waals surface area contributed by atoms with Crippen molar-refractivity contribution in [2.45, 2.75) is 20.3 Å². The minimum absolute atomic E-state index is 0.206. The number of nitrogens with zero attached hydrogens (tertiary/aromatic N) is 1. The highest BCUT2D eigenvalue weighted by Gasteiger charge is 2.37. The Labute approximate surface area is 157 Å². The van der Waals surface area contributed by atoms with Gasteiger partial charge >= 0.3 is 6.03 Å². The van der Waals surface area contributed by atoms with E-state index in [1.807, 2.05) is 32.0 Å². The van der Waals surface area contributed by atoms with E-state index in [0.717, 1.165) is 16.8 Å². The second-order valence-electron chi connectivity index (χ2n) is 6.66. The van der Waals surface area contributed by atoms with Crippen molar-refractivity contribution in [3.8, 4) is 0 Å². The number of nitrogens with one attached hydrogen (secondary N) is 2. The second-order valence-corrected chi connectivity index (χ2v) is 6.66. The van der Waals surface area contributed by atoms with Crippen LogP contribution < -0.4 is 21.3 Å². The van der Waals surface area contributed by atoms with Gasteiger partial charge in [-0.1, -0.05) is 12.1 Å². The summed E-state index contributed by atoms with van der Waals surface area (Å²) in [7, 11) is 0. The van der Waals surface area contributed by atoms with Crippen LogP contribution in [0, 0.1) is 19.8 Å². The standard InChI is InChI=1S/C20H22N4O3/c1-12-6-7-16(10-13(12)2)24-9-8-17(19(24)26)18(25)22-14-4-3-5-15(11-14)23-20(21)27/h3-7,10-11,17H,8-9H2,1-2H3,(H,22,25)(H3,21,23,27). The molecule has 2 aromatic rings. The van der Waals surface area contributed by atoms with Crippen molar-refractivity contribution >= 4 is 34.9 Å². The number of carbonyl (C=O) groups is 3. The molecule has 4 amide bonds. The summed E-state index contributed by atoms with van der Waals surface area (Å²) in [5, 5.41) is 5.19. The molecule has 2 aromatic carbocycles. The quantitative estimate of drug-likeness (QED) is 0.725. The van der Waals surface area contributed by atoms with Gasteiger partial charge in [0.1, 0.15) is 5.92 Å². The van der Waals surface area contributed by atoms with Gasteiger partial charge in [-0.15, -0.1) is 0 Å². The van der Waals surface area contributed by atoms with E-state index >= 15 is 0 Å². The fourth-order valence-electron chi connectivity index (χ4n) is 3.12. The molecule has 0 aliphatic carbocycles. The molecule has 140 valence electrons. The summed E-state index contributed by atoms with van der Waals surface area (Å²) in [5.74, 6) is -1.30. The average Bonchev–Trinajstić information content (AvgIpc) is 2.99. The lowest BCUT2D eigenvalue weighted by Gasteiger charge is -2.18. The molecule has 1 fully saturated rings. The number of urea groups is 1. The lowest BCUT2D eigenvalue weighted by molar-refractivity contribution is -0.129. The Morgan fingerprint density at radius 1 is 1.04 bits per heavy atom. The maximum Gasteiger partial charge on any atom is 0.316 e. The van der Waals surface area contributed by atoms with Crippen LogP contribution in [0.5, 0.6) is 0 Å². The number of primary amides is 1. The van der Waals surface area contributed by atoms with Crippen LogP contribution in [-0.4, -0.2) is 24.4 Å². The summed E-state index contributed by atoms with van der Waals surface area (Å²) in [4.78, 5) is 37.9. The fraction of sp³-hybridized carbons (Fsp3) is 0.250. The number of nitrogens with two attached hydrogens (primary N) is 1. The van der Waals surface area contributed by atoms with Crippen LogP contribution in [-0.2, 0) is 9.59 Å². The third-order valence-corrected chi connectivity index (χ3v) is 4.72. The molecular weight excluding hydrogens is 344 g/mol.